The Labute approximate surface area is 231 Å². The van der Waals surface area contributed by atoms with Crippen LogP contribution in [0.4, 0.5) is 14.9 Å². The van der Waals surface area contributed by atoms with Crippen LogP contribution in [-0.2, 0) is 33.8 Å². The monoisotopic (exact) mass is 537 g/mol. The van der Waals surface area contributed by atoms with Crippen molar-refractivity contribution in [3.05, 3.63) is 137 Å². The fourth-order valence-electron chi connectivity index (χ4n) is 4.67. The zero-order valence-electron chi connectivity index (χ0n) is 21.6. The van der Waals surface area contributed by atoms with Crippen LogP contribution in [0.1, 0.15) is 28.4 Å². The molecular weight excluding hydrogens is 509 g/mol. The lowest BCUT2D eigenvalue weighted by molar-refractivity contribution is -0.126. The van der Waals surface area contributed by atoms with Crippen LogP contribution in [0.25, 0.3) is 0 Å². The minimum atomic E-state index is -0.969. The van der Waals surface area contributed by atoms with Crippen molar-refractivity contribution >= 4 is 23.6 Å². The van der Waals surface area contributed by atoms with Gasteiger partial charge in [-0.15, -0.1) is 0 Å². The molecule has 2 unspecified atom stereocenters. The first-order valence-corrected chi connectivity index (χ1v) is 12.9. The number of nitrogens with zero attached hydrogens (tertiary/aromatic N) is 1. The van der Waals surface area contributed by atoms with E-state index in [1.54, 1.807) is 36.4 Å². The summed E-state index contributed by atoms with van der Waals surface area (Å²) in [5, 5.41) is 5.75. The average molecular weight is 538 g/mol. The van der Waals surface area contributed by atoms with E-state index in [4.69, 9.17) is 4.74 Å². The summed E-state index contributed by atoms with van der Waals surface area (Å²) in [6, 6.07) is 30.6. The summed E-state index contributed by atoms with van der Waals surface area (Å²) >= 11 is 0. The van der Waals surface area contributed by atoms with Gasteiger partial charge in [-0.3, -0.25) is 14.5 Å². The standard InChI is InChI=1S/C32H28FN3O4/c33-26-16-14-23(15-17-26)20-34-31(38)29-30(40-32(39)36(29)21-24-10-5-2-6-11-24)25-12-7-13-27(19-25)35-28(37)18-22-8-3-1-4-9-22/h1-17,19,29-30H,18,20-21H2,(H,34,38)(H,35,37). The molecule has 0 radical (unpaired) electrons. The van der Waals surface area contributed by atoms with Crippen molar-refractivity contribution in [2.24, 2.45) is 0 Å². The number of cyclic esters (lactones) is 1. The molecule has 8 heteroatoms. The third-order valence-electron chi connectivity index (χ3n) is 6.64. The molecule has 5 rings (SSSR count). The number of hydrogen-bond acceptors (Lipinski definition) is 4. The molecule has 0 saturated carbocycles. The van der Waals surface area contributed by atoms with E-state index in [2.05, 4.69) is 10.6 Å². The molecule has 4 aromatic carbocycles. The van der Waals surface area contributed by atoms with Crippen LogP contribution in [0.15, 0.2) is 109 Å². The van der Waals surface area contributed by atoms with Crippen molar-refractivity contribution in [2.45, 2.75) is 31.7 Å². The number of carbonyl (C=O) groups excluding carboxylic acids is 3. The molecule has 4 aromatic rings. The molecule has 2 atom stereocenters. The highest BCUT2D eigenvalue weighted by molar-refractivity contribution is 5.92. The summed E-state index contributed by atoms with van der Waals surface area (Å²) in [4.78, 5) is 40.7. The number of rotatable bonds is 9. The molecule has 202 valence electrons. The van der Waals surface area contributed by atoms with Crippen molar-refractivity contribution in [1.29, 1.82) is 0 Å². The SMILES string of the molecule is O=C(Cc1ccccc1)Nc1cccc(C2OC(=O)N(Cc3ccccc3)C2C(=O)NCc2ccc(F)cc2)c1. The number of hydrogen-bond donors (Lipinski definition) is 2. The van der Waals surface area contributed by atoms with Gasteiger partial charge >= 0.3 is 6.09 Å². The average Bonchev–Trinajstić information content (AvgIpc) is 3.29. The maximum absolute atomic E-state index is 13.6. The fraction of sp³-hybridized carbons (Fsp3) is 0.156. The molecule has 3 amide bonds. The zero-order valence-corrected chi connectivity index (χ0v) is 21.6. The first-order chi connectivity index (χ1) is 19.5. The Morgan fingerprint density at radius 1 is 0.800 bits per heavy atom. The molecule has 1 aliphatic rings. The lowest BCUT2D eigenvalue weighted by Gasteiger charge is -2.24. The van der Waals surface area contributed by atoms with Crippen LogP contribution in [0.3, 0.4) is 0 Å². The molecule has 0 aromatic heterocycles. The van der Waals surface area contributed by atoms with Crippen LogP contribution in [-0.4, -0.2) is 28.8 Å². The van der Waals surface area contributed by atoms with Gasteiger partial charge in [-0.25, -0.2) is 9.18 Å². The maximum atomic E-state index is 13.6. The van der Waals surface area contributed by atoms with Crippen molar-refractivity contribution in [3.63, 3.8) is 0 Å². The molecular formula is C32H28FN3O4. The minimum absolute atomic E-state index is 0.158. The molecule has 0 bridgehead atoms. The first kappa shape index (κ1) is 26.6. The third-order valence-corrected chi connectivity index (χ3v) is 6.64. The molecule has 7 nitrogen and oxygen atoms in total. The Hall–Kier alpha value is -4.98. The van der Waals surface area contributed by atoms with E-state index < -0.39 is 24.1 Å². The van der Waals surface area contributed by atoms with E-state index in [1.165, 1.54) is 17.0 Å². The molecule has 1 aliphatic heterocycles. The second kappa shape index (κ2) is 12.3. The van der Waals surface area contributed by atoms with Gasteiger partial charge < -0.3 is 15.4 Å². The highest BCUT2D eigenvalue weighted by Gasteiger charge is 2.47. The quantitative estimate of drug-likeness (QED) is 0.300. The summed E-state index contributed by atoms with van der Waals surface area (Å²) < 4.78 is 19.1. The van der Waals surface area contributed by atoms with E-state index in [9.17, 15) is 18.8 Å². The zero-order chi connectivity index (χ0) is 27.9. The van der Waals surface area contributed by atoms with Gasteiger partial charge in [0.25, 0.3) is 0 Å². The number of ether oxygens (including phenoxy) is 1. The van der Waals surface area contributed by atoms with Gasteiger partial charge in [0.2, 0.25) is 11.8 Å². The molecule has 1 fully saturated rings. The van der Waals surface area contributed by atoms with Gasteiger partial charge in [0.05, 0.1) is 13.0 Å². The number of anilines is 1. The highest BCUT2D eigenvalue weighted by atomic mass is 19.1. The van der Waals surface area contributed by atoms with Crippen molar-refractivity contribution < 1.29 is 23.5 Å². The van der Waals surface area contributed by atoms with E-state index in [1.807, 2.05) is 60.7 Å². The van der Waals surface area contributed by atoms with E-state index in [0.29, 0.717) is 16.8 Å². The molecule has 0 aliphatic carbocycles. The summed E-state index contributed by atoms with van der Waals surface area (Å²) in [7, 11) is 0. The van der Waals surface area contributed by atoms with E-state index >= 15 is 0 Å². The lowest BCUT2D eigenvalue weighted by Crippen LogP contribution is -2.46. The van der Waals surface area contributed by atoms with Crippen LogP contribution >= 0.6 is 0 Å². The minimum Gasteiger partial charge on any atom is -0.438 e. The lowest BCUT2D eigenvalue weighted by atomic mass is 10.00. The summed E-state index contributed by atoms with van der Waals surface area (Å²) in [6.07, 6.45) is -1.31. The van der Waals surface area contributed by atoms with Gasteiger partial charge in [0, 0.05) is 12.2 Å². The Bertz CT molecular complexity index is 1480. The van der Waals surface area contributed by atoms with Gasteiger partial charge in [-0.2, -0.15) is 0 Å². The predicted octanol–water partition coefficient (Wildman–Crippen LogP) is 5.39. The smallest absolute Gasteiger partial charge is 0.411 e. The molecule has 1 saturated heterocycles. The second-order valence-electron chi connectivity index (χ2n) is 9.54. The Kier molecular flexibility index (Phi) is 8.15. The summed E-state index contributed by atoms with van der Waals surface area (Å²) in [6.45, 7) is 0.337. The van der Waals surface area contributed by atoms with Crippen LogP contribution in [0.2, 0.25) is 0 Å². The Morgan fingerprint density at radius 2 is 1.48 bits per heavy atom. The predicted molar refractivity (Wildman–Crippen MR) is 148 cm³/mol. The largest absolute Gasteiger partial charge is 0.438 e. The molecule has 2 N–H and O–H groups in total. The Balaban J connectivity index is 1.36. The van der Waals surface area contributed by atoms with Gasteiger partial charge in [-0.05, 0) is 46.5 Å². The summed E-state index contributed by atoms with van der Waals surface area (Å²) in [5.74, 6) is -0.963. The van der Waals surface area contributed by atoms with Crippen molar-refractivity contribution in [3.8, 4) is 0 Å². The van der Waals surface area contributed by atoms with Gasteiger partial charge in [-0.1, -0.05) is 84.9 Å². The Morgan fingerprint density at radius 3 is 2.17 bits per heavy atom. The number of halogens is 1. The second-order valence-corrected chi connectivity index (χ2v) is 9.54. The van der Waals surface area contributed by atoms with Crippen molar-refractivity contribution in [1.82, 2.24) is 10.2 Å². The molecule has 40 heavy (non-hydrogen) atoms. The number of benzene rings is 4. The molecule has 1 heterocycles. The first-order valence-electron chi connectivity index (χ1n) is 12.9. The number of nitrogens with one attached hydrogen (secondary N) is 2. The van der Waals surface area contributed by atoms with Gasteiger partial charge in [0.1, 0.15) is 5.82 Å². The summed E-state index contributed by atoms with van der Waals surface area (Å²) in [5.41, 5.74) is 3.55. The third kappa shape index (κ3) is 6.53. The normalized spacial score (nSPS) is 16.3. The highest BCUT2D eigenvalue weighted by Crippen LogP contribution is 2.35. The van der Waals surface area contributed by atoms with Crippen LogP contribution in [0.5, 0.6) is 0 Å². The number of carbonyl (C=O) groups is 3. The maximum Gasteiger partial charge on any atom is 0.411 e. The van der Waals surface area contributed by atoms with E-state index in [0.717, 1.165) is 11.1 Å². The topological polar surface area (TPSA) is 87.7 Å². The molecule has 0 spiro atoms. The number of amides is 3. The van der Waals surface area contributed by atoms with Crippen LogP contribution in [0, 0.1) is 5.82 Å². The van der Waals surface area contributed by atoms with Crippen LogP contribution < -0.4 is 10.6 Å². The van der Waals surface area contributed by atoms with E-state index in [-0.39, 0.29) is 31.2 Å². The fourth-order valence-corrected chi connectivity index (χ4v) is 4.67. The van der Waals surface area contributed by atoms with Gasteiger partial charge in [0.15, 0.2) is 12.1 Å². The van der Waals surface area contributed by atoms with Crippen molar-refractivity contribution in [2.75, 3.05) is 5.32 Å².